The lowest BCUT2D eigenvalue weighted by Gasteiger charge is -2.35. The molecule has 0 radical (unpaired) electrons. The van der Waals surface area contributed by atoms with E-state index in [0.29, 0.717) is 13.1 Å². The van der Waals surface area contributed by atoms with E-state index in [4.69, 9.17) is 4.74 Å². The summed E-state index contributed by atoms with van der Waals surface area (Å²) >= 11 is 0. The van der Waals surface area contributed by atoms with E-state index in [1.54, 1.807) is 4.90 Å². The number of benzene rings is 1. The summed E-state index contributed by atoms with van der Waals surface area (Å²) in [6.07, 6.45) is 0.821. The van der Waals surface area contributed by atoms with Gasteiger partial charge in [-0.25, -0.2) is 4.79 Å². The monoisotopic (exact) mass is 290 g/mol. The maximum atomic E-state index is 12.2. The number of nitrogens with one attached hydrogen (secondary N) is 1. The van der Waals surface area contributed by atoms with Gasteiger partial charge in [-0.3, -0.25) is 0 Å². The SMILES string of the molecule is CCc1ccc([C@@H]2CN(C(=O)OC(C)(C)C)CCN2)cc1. The number of hydrogen-bond acceptors (Lipinski definition) is 3. The molecule has 0 aliphatic carbocycles. The highest BCUT2D eigenvalue weighted by molar-refractivity contribution is 5.68. The highest BCUT2D eigenvalue weighted by Crippen LogP contribution is 2.20. The molecular formula is C17H26N2O2. The molecule has 1 amide bonds. The van der Waals surface area contributed by atoms with E-state index in [1.165, 1.54) is 11.1 Å². The normalized spacial score (nSPS) is 19.4. The summed E-state index contributed by atoms with van der Waals surface area (Å²) in [6, 6.07) is 8.79. The Morgan fingerprint density at radius 2 is 2.00 bits per heavy atom. The van der Waals surface area contributed by atoms with Crippen LogP contribution in [0.1, 0.15) is 44.9 Å². The quantitative estimate of drug-likeness (QED) is 0.910. The second-order valence-corrected chi connectivity index (χ2v) is 6.53. The molecule has 1 aliphatic heterocycles. The average Bonchev–Trinajstić information content (AvgIpc) is 2.46. The Bertz CT molecular complexity index is 477. The molecule has 1 heterocycles. The zero-order chi connectivity index (χ0) is 15.5. The van der Waals surface area contributed by atoms with E-state index in [0.717, 1.165) is 13.0 Å². The number of rotatable bonds is 2. The Hall–Kier alpha value is -1.55. The van der Waals surface area contributed by atoms with Crippen LogP contribution in [-0.2, 0) is 11.2 Å². The summed E-state index contributed by atoms with van der Waals surface area (Å²) in [5.41, 5.74) is 2.11. The molecule has 116 valence electrons. The zero-order valence-corrected chi connectivity index (χ0v) is 13.5. The van der Waals surface area contributed by atoms with Crippen LogP contribution >= 0.6 is 0 Å². The summed E-state index contributed by atoms with van der Waals surface area (Å²) in [6.45, 7) is 9.98. The van der Waals surface area contributed by atoms with Crippen molar-refractivity contribution in [1.82, 2.24) is 10.2 Å². The first-order valence-corrected chi connectivity index (χ1v) is 7.69. The Morgan fingerprint density at radius 3 is 2.57 bits per heavy atom. The fourth-order valence-corrected chi connectivity index (χ4v) is 2.45. The third-order valence-corrected chi connectivity index (χ3v) is 3.62. The van der Waals surface area contributed by atoms with E-state index in [9.17, 15) is 4.79 Å². The highest BCUT2D eigenvalue weighted by Gasteiger charge is 2.27. The Labute approximate surface area is 127 Å². The second kappa shape index (κ2) is 6.48. The lowest BCUT2D eigenvalue weighted by atomic mass is 10.0. The molecule has 0 saturated carbocycles. The van der Waals surface area contributed by atoms with Crippen molar-refractivity contribution in [3.63, 3.8) is 0 Å². The van der Waals surface area contributed by atoms with Crippen LogP contribution in [0, 0.1) is 0 Å². The van der Waals surface area contributed by atoms with Gasteiger partial charge in [0.15, 0.2) is 0 Å². The molecule has 1 N–H and O–H groups in total. The highest BCUT2D eigenvalue weighted by atomic mass is 16.6. The molecule has 0 bridgehead atoms. The third kappa shape index (κ3) is 4.46. The van der Waals surface area contributed by atoms with E-state index in [1.807, 2.05) is 20.8 Å². The number of ether oxygens (including phenoxy) is 1. The van der Waals surface area contributed by atoms with Gasteiger partial charge in [-0.1, -0.05) is 31.2 Å². The number of carbonyl (C=O) groups is 1. The molecular weight excluding hydrogens is 264 g/mol. The molecule has 2 rings (SSSR count). The predicted octanol–water partition coefficient (Wildman–Crippen LogP) is 3.13. The fourth-order valence-electron chi connectivity index (χ4n) is 2.45. The van der Waals surface area contributed by atoms with E-state index in [-0.39, 0.29) is 12.1 Å². The third-order valence-electron chi connectivity index (χ3n) is 3.62. The molecule has 1 aromatic carbocycles. The van der Waals surface area contributed by atoms with E-state index in [2.05, 4.69) is 36.5 Å². The number of nitrogens with zero attached hydrogens (tertiary/aromatic N) is 1. The smallest absolute Gasteiger partial charge is 0.410 e. The first-order valence-electron chi connectivity index (χ1n) is 7.69. The van der Waals surface area contributed by atoms with Gasteiger partial charge in [0.2, 0.25) is 0 Å². The van der Waals surface area contributed by atoms with Crippen molar-refractivity contribution in [2.45, 2.75) is 45.8 Å². The summed E-state index contributed by atoms with van der Waals surface area (Å²) in [5, 5.41) is 3.47. The summed E-state index contributed by atoms with van der Waals surface area (Å²) in [4.78, 5) is 14.0. The number of aryl methyl sites for hydroxylation is 1. The van der Waals surface area contributed by atoms with Crippen LogP contribution in [0.15, 0.2) is 24.3 Å². The molecule has 1 aliphatic rings. The first kappa shape index (κ1) is 15.8. The standard InChI is InChI=1S/C17H26N2O2/c1-5-13-6-8-14(9-7-13)15-12-19(11-10-18-15)16(20)21-17(2,3)4/h6-9,15,18H,5,10-12H2,1-4H3/t15-/m0/s1. The average molecular weight is 290 g/mol. The largest absolute Gasteiger partial charge is 0.444 e. The lowest BCUT2D eigenvalue weighted by molar-refractivity contribution is 0.0195. The molecule has 4 heteroatoms. The van der Waals surface area contributed by atoms with Gasteiger partial charge >= 0.3 is 6.09 Å². The Balaban J connectivity index is 2.01. The topological polar surface area (TPSA) is 41.6 Å². The van der Waals surface area contributed by atoms with Crippen LogP contribution in [-0.4, -0.2) is 36.2 Å². The van der Waals surface area contributed by atoms with Gasteiger partial charge in [0.05, 0.1) is 6.04 Å². The van der Waals surface area contributed by atoms with Crippen molar-refractivity contribution < 1.29 is 9.53 Å². The molecule has 1 atom stereocenters. The van der Waals surface area contributed by atoms with Crippen molar-refractivity contribution >= 4 is 6.09 Å². The van der Waals surface area contributed by atoms with E-state index < -0.39 is 5.60 Å². The van der Waals surface area contributed by atoms with Crippen LogP contribution in [0.5, 0.6) is 0 Å². The molecule has 1 aromatic rings. The van der Waals surface area contributed by atoms with Crippen LogP contribution < -0.4 is 5.32 Å². The van der Waals surface area contributed by atoms with Crippen molar-refractivity contribution in [2.24, 2.45) is 0 Å². The molecule has 0 spiro atoms. The van der Waals surface area contributed by atoms with Crippen molar-refractivity contribution in [3.05, 3.63) is 35.4 Å². The number of amides is 1. The Morgan fingerprint density at radius 1 is 1.33 bits per heavy atom. The molecule has 1 fully saturated rings. The van der Waals surface area contributed by atoms with Gasteiger partial charge < -0.3 is 15.0 Å². The van der Waals surface area contributed by atoms with Crippen LogP contribution in [0.25, 0.3) is 0 Å². The van der Waals surface area contributed by atoms with Crippen LogP contribution in [0.4, 0.5) is 4.79 Å². The van der Waals surface area contributed by atoms with Gasteiger partial charge in [-0.15, -0.1) is 0 Å². The predicted molar refractivity (Wildman–Crippen MR) is 84.4 cm³/mol. The minimum atomic E-state index is -0.444. The van der Waals surface area contributed by atoms with Gasteiger partial charge in [0.25, 0.3) is 0 Å². The van der Waals surface area contributed by atoms with Gasteiger partial charge in [0, 0.05) is 19.6 Å². The maximum Gasteiger partial charge on any atom is 0.410 e. The van der Waals surface area contributed by atoms with Crippen LogP contribution in [0.2, 0.25) is 0 Å². The fraction of sp³-hybridized carbons (Fsp3) is 0.588. The van der Waals surface area contributed by atoms with Gasteiger partial charge in [-0.05, 0) is 38.3 Å². The summed E-state index contributed by atoms with van der Waals surface area (Å²) < 4.78 is 5.46. The molecule has 0 aromatic heterocycles. The summed E-state index contributed by atoms with van der Waals surface area (Å²) in [5.74, 6) is 0. The lowest BCUT2D eigenvalue weighted by Crippen LogP contribution is -2.49. The number of carbonyl (C=O) groups excluding carboxylic acids is 1. The summed E-state index contributed by atoms with van der Waals surface area (Å²) in [7, 11) is 0. The number of piperazine rings is 1. The van der Waals surface area contributed by atoms with Crippen molar-refractivity contribution in [2.75, 3.05) is 19.6 Å². The van der Waals surface area contributed by atoms with Crippen molar-refractivity contribution in [1.29, 1.82) is 0 Å². The number of hydrogen-bond donors (Lipinski definition) is 1. The maximum absolute atomic E-state index is 12.2. The molecule has 4 nitrogen and oxygen atoms in total. The van der Waals surface area contributed by atoms with Gasteiger partial charge in [-0.2, -0.15) is 0 Å². The first-order chi connectivity index (χ1) is 9.89. The van der Waals surface area contributed by atoms with E-state index >= 15 is 0 Å². The minimum absolute atomic E-state index is 0.178. The van der Waals surface area contributed by atoms with Crippen molar-refractivity contribution in [3.8, 4) is 0 Å². The Kier molecular flexibility index (Phi) is 4.88. The molecule has 21 heavy (non-hydrogen) atoms. The zero-order valence-electron chi connectivity index (χ0n) is 13.5. The minimum Gasteiger partial charge on any atom is -0.444 e. The van der Waals surface area contributed by atoms with Gasteiger partial charge in [0.1, 0.15) is 5.60 Å². The van der Waals surface area contributed by atoms with Crippen LogP contribution in [0.3, 0.4) is 0 Å². The molecule has 1 saturated heterocycles. The second-order valence-electron chi connectivity index (χ2n) is 6.53. The molecule has 0 unspecified atom stereocenters.